The fraction of sp³-hybridized carbons (Fsp3) is 0.300. The number of nitrogens with one attached hydrogen (secondary N) is 2. The Balaban J connectivity index is 2.02. The summed E-state index contributed by atoms with van der Waals surface area (Å²) >= 11 is 0. The van der Waals surface area contributed by atoms with Crippen LogP contribution in [0.4, 0.5) is 14.9 Å². The number of halogens is 1. The van der Waals surface area contributed by atoms with E-state index in [1.54, 1.807) is 43.4 Å². The minimum Gasteiger partial charge on any atom is -0.347 e. The summed E-state index contributed by atoms with van der Waals surface area (Å²) in [4.78, 5) is 26.0. The summed E-state index contributed by atoms with van der Waals surface area (Å²) in [6.07, 6.45) is 0. The maximum atomic E-state index is 13.2. The second-order valence-electron chi connectivity index (χ2n) is 7.20. The fourth-order valence-electron chi connectivity index (χ4n) is 2.35. The zero-order valence-electron chi connectivity index (χ0n) is 15.5. The molecular formula is C20H24FN3O2. The first kappa shape index (κ1) is 19.4. The Bertz CT molecular complexity index is 800. The van der Waals surface area contributed by atoms with Crippen molar-refractivity contribution in [3.05, 3.63) is 65.5 Å². The van der Waals surface area contributed by atoms with Gasteiger partial charge in [-0.2, -0.15) is 0 Å². The fourth-order valence-corrected chi connectivity index (χ4v) is 2.35. The van der Waals surface area contributed by atoms with E-state index in [1.165, 1.54) is 17.0 Å². The van der Waals surface area contributed by atoms with Crippen LogP contribution in [0.25, 0.3) is 0 Å². The van der Waals surface area contributed by atoms with Crippen LogP contribution in [0.1, 0.15) is 36.7 Å². The van der Waals surface area contributed by atoms with Gasteiger partial charge in [-0.05, 0) is 56.7 Å². The molecule has 0 unspecified atom stereocenters. The normalized spacial score (nSPS) is 11.0. The van der Waals surface area contributed by atoms with Gasteiger partial charge in [0.05, 0.1) is 0 Å². The highest BCUT2D eigenvalue weighted by Gasteiger charge is 2.16. The molecule has 2 N–H and O–H groups in total. The molecule has 0 aliphatic heterocycles. The van der Waals surface area contributed by atoms with Gasteiger partial charge >= 0.3 is 6.03 Å². The van der Waals surface area contributed by atoms with Crippen LogP contribution in [0.15, 0.2) is 48.5 Å². The molecule has 0 radical (unpaired) electrons. The Labute approximate surface area is 153 Å². The first-order valence-electron chi connectivity index (χ1n) is 8.33. The molecule has 0 aromatic heterocycles. The van der Waals surface area contributed by atoms with Crippen molar-refractivity contribution >= 4 is 17.6 Å². The van der Waals surface area contributed by atoms with Gasteiger partial charge in [-0.25, -0.2) is 9.18 Å². The zero-order valence-corrected chi connectivity index (χ0v) is 15.5. The number of amides is 3. The molecule has 0 fully saturated rings. The van der Waals surface area contributed by atoms with Gasteiger partial charge in [0.15, 0.2) is 0 Å². The van der Waals surface area contributed by atoms with E-state index in [0.29, 0.717) is 16.8 Å². The third-order valence-corrected chi connectivity index (χ3v) is 3.52. The van der Waals surface area contributed by atoms with Gasteiger partial charge < -0.3 is 15.5 Å². The molecule has 2 aromatic carbocycles. The molecule has 6 heteroatoms. The number of benzene rings is 2. The van der Waals surface area contributed by atoms with E-state index in [1.807, 2.05) is 20.8 Å². The predicted molar refractivity (Wildman–Crippen MR) is 101 cm³/mol. The SMILES string of the molecule is CN(Cc1cccc(F)c1)C(=O)Nc1cccc(C(=O)NC(C)(C)C)c1. The van der Waals surface area contributed by atoms with Crippen LogP contribution in [0, 0.1) is 5.82 Å². The van der Waals surface area contributed by atoms with Crippen LogP contribution in [0.5, 0.6) is 0 Å². The lowest BCUT2D eigenvalue weighted by atomic mass is 10.1. The third-order valence-electron chi connectivity index (χ3n) is 3.52. The number of carbonyl (C=O) groups excluding carboxylic acids is 2. The molecule has 2 rings (SSSR count). The molecule has 2 aromatic rings. The van der Waals surface area contributed by atoms with Crippen LogP contribution in [-0.4, -0.2) is 29.4 Å². The average molecular weight is 357 g/mol. The van der Waals surface area contributed by atoms with Crippen LogP contribution < -0.4 is 10.6 Å². The number of hydrogen-bond acceptors (Lipinski definition) is 2. The van der Waals surface area contributed by atoms with Crippen molar-refractivity contribution in [2.45, 2.75) is 32.9 Å². The zero-order chi connectivity index (χ0) is 19.3. The maximum Gasteiger partial charge on any atom is 0.321 e. The van der Waals surface area contributed by atoms with Crippen molar-refractivity contribution in [3.63, 3.8) is 0 Å². The predicted octanol–water partition coefficient (Wildman–Crippen LogP) is 4.02. The largest absolute Gasteiger partial charge is 0.347 e. The number of rotatable bonds is 4. The molecule has 0 aliphatic carbocycles. The van der Waals surface area contributed by atoms with Crippen molar-refractivity contribution in [2.24, 2.45) is 0 Å². The topological polar surface area (TPSA) is 61.4 Å². The van der Waals surface area contributed by atoms with Crippen LogP contribution in [0.2, 0.25) is 0 Å². The summed E-state index contributed by atoms with van der Waals surface area (Å²) in [5, 5.41) is 5.63. The number of nitrogens with zero attached hydrogens (tertiary/aromatic N) is 1. The molecule has 26 heavy (non-hydrogen) atoms. The minimum absolute atomic E-state index is 0.207. The van der Waals surface area contributed by atoms with E-state index >= 15 is 0 Å². The van der Waals surface area contributed by atoms with Gasteiger partial charge in [0.25, 0.3) is 5.91 Å². The van der Waals surface area contributed by atoms with E-state index < -0.39 is 0 Å². The molecule has 3 amide bonds. The molecule has 138 valence electrons. The lowest BCUT2D eigenvalue weighted by Gasteiger charge is -2.21. The Kier molecular flexibility index (Phi) is 5.97. The third kappa shape index (κ3) is 5.88. The number of hydrogen-bond donors (Lipinski definition) is 2. The second kappa shape index (κ2) is 7.99. The van der Waals surface area contributed by atoms with Crippen molar-refractivity contribution in [3.8, 4) is 0 Å². The Morgan fingerprint density at radius 3 is 2.42 bits per heavy atom. The Hall–Kier alpha value is -2.89. The summed E-state index contributed by atoms with van der Waals surface area (Å²) in [5.74, 6) is -0.546. The Morgan fingerprint density at radius 1 is 1.08 bits per heavy atom. The molecule has 0 saturated carbocycles. The Morgan fingerprint density at radius 2 is 1.77 bits per heavy atom. The number of carbonyl (C=O) groups is 2. The number of urea groups is 1. The first-order chi connectivity index (χ1) is 12.1. The van der Waals surface area contributed by atoms with Crippen molar-refractivity contribution in [1.29, 1.82) is 0 Å². The summed E-state index contributed by atoms with van der Waals surface area (Å²) in [6.45, 7) is 5.97. The van der Waals surface area contributed by atoms with Gasteiger partial charge in [0.2, 0.25) is 0 Å². The summed E-state index contributed by atoms with van der Waals surface area (Å²) in [7, 11) is 1.62. The van der Waals surface area contributed by atoms with Gasteiger partial charge in [0.1, 0.15) is 5.82 Å². The van der Waals surface area contributed by atoms with E-state index in [9.17, 15) is 14.0 Å². The van der Waals surface area contributed by atoms with Gasteiger partial charge in [-0.1, -0.05) is 18.2 Å². The van der Waals surface area contributed by atoms with Crippen LogP contribution in [0.3, 0.4) is 0 Å². The van der Waals surface area contributed by atoms with Crippen molar-refractivity contribution < 1.29 is 14.0 Å². The van der Waals surface area contributed by atoms with Gasteiger partial charge in [-0.15, -0.1) is 0 Å². The highest BCUT2D eigenvalue weighted by atomic mass is 19.1. The number of anilines is 1. The molecule has 0 aliphatic rings. The standard InChI is InChI=1S/C20H24FN3O2/c1-20(2,3)23-18(25)15-8-6-10-17(12-15)22-19(26)24(4)13-14-7-5-9-16(21)11-14/h5-12H,13H2,1-4H3,(H,22,26)(H,23,25). The summed E-state index contributed by atoms with van der Waals surface area (Å²) in [6, 6.07) is 12.5. The van der Waals surface area contributed by atoms with E-state index in [0.717, 1.165) is 0 Å². The monoisotopic (exact) mass is 357 g/mol. The highest BCUT2D eigenvalue weighted by molar-refractivity contribution is 5.97. The average Bonchev–Trinajstić information content (AvgIpc) is 2.53. The van der Waals surface area contributed by atoms with E-state index in [4.69, 9.17) is 0 Å². The van der Waals surface area contributed by atoms with Gasteiger partial charge in [-0.3, -0.25) is 4.79 Å². The molecule has 0 atom stereocenters. The summed E-state index contributed by atoms with van der Waals surface area (Å²) in [5.41, 5.74) is 1.33. The highest BCUT2D eigenvalue weighted by Crippen LogP contribution is 2.14. The van der Waals surface area contributed by atoms with E-state index in [-0.39, 0.29) is 29.8 Å². The molecular weight excluding hydrogens is 333 g/mol. The lowest BCUT2D eigenvalue weighted by molar-refractivity contribution is 0.0919. The van der Waals surface area contributed by atoms with Crippen LogP contribution in [-0.2, 0) is 6.54 Å². The molecule has 0 heterocycles. The maximum absolute atomic E-state index is 13.2. The smallest absolute Gasteiger partial charge is 0.321 e. The molecule has 5 nitrogen and oxygen atoms in total. The second-order valence-corrected chi connectivity index (χ2v) is 7.20. The first-order valence-corrected chi connectivity index (χ1v) is 8.33. The van der Waals surface area contributed by atoms with Crippen molar-refractivity contribution in [1.82, 2.24) is 10.2 Å². The summed E-state index contributed by atoms with van der Waals surface area (Å²) < 4.78 is 13.2. The van der Waals surface area contributed by atoms with E-state index in [2.05, 4.69) is 10.6 Å². The molecule has 0 spiro atoms. The molecule has 0 saturated heterocycles. The minimum atomic E-state index is -0.346. The van der Waals surface area contributed by atoms with Gasteiger partial charge in [0, 0.05) is 30.4 Å². The lowest BCUT2D eigenvalue weighted by Crippen LogP contribution is -2.40. The quantitative estimate of drug-likeness (QED) is 0.868. The van der Waals surface area contributed by atoms with Crippen LogP contribution >= 0.6 is 0 Å². The molecule has 0 bridgehead atoms. The van der Waals surface area contributed by atoms with Crippen molar-refractivity contribution in [2.75, 3.05) is 12.4 Å².